The summed E-state index contributed by atoms with van der Waals surface area (Å²) in [6.45, 7) is 4.81. The van der Waals surface area contributed by atoms with Crippen molar-refractivity contribution in [3.63, 3.8) is 0 Å². The fourth-order valence-corrected chi connectivity index (χ4v) is 4.50. The largest absolute Gasteiger partial charge is 0.306 e. The highest BCUT2D eigenvalue weighted by molar-refractivity contribution is 7.99. The molecule has 0 aromatic heterocycles. The predicted molar refractivity (Wildman–Crippen MR) is 80.2 cm³/mol. The molecule has 1 aromatic carbocycles. The predicted octanol–water partition coefficient (Wildman–Crippen LogP) is 3.80. The maximum Gasteiger partial charge on any atom is 0.0380 e. The minimum atomic E-state index is 0.353. The Bertz CT molecular complexity index is 421. The molecule has 2 atom stereocenters. The first-order valence-corrected chi connectivity index (χ1v) is 8.24. The Morgan fingerprint density at radius 2 is 2.11 bits per heavy atom. The summed E-state index contributed by atoms with van der Waals surface area (Å²) in [7, 11) is 0. The lowest BCUT2D eigenvalue weighted by Crippen LogP contribution is -2.41. The summed E-state index contributed by atoms with van der Waals surface area (Å²) in [6.07, 6.45) is 3.93. The molecule has 1 aliphatic heterocycles. The molecule has 2 heteroatoms. The molecule has 2 aliphatic rings. The smallest absolute Gasteiger partial charge is 0.0380 e. The SMILES string of the molecule is CC1(C)Cc2ccccc2C1NC1CCCSC1. The first-order chi connectivity index (χ1) is 8.67. The lowest BCUT2D eigenvalue weighted by molar-refractivity contribution is 0.248. The zero-order chi connectivity index (χ0) is 12.6. The van der Waals surface area contributed by atoms with Gasteiger partial charge >= 0.3 is 0 Å². The van der Waals surface area contributed by atoms with Crippen LogP contribution in [0.15, 0.2) is 24.3 Å². The second kappa shape index (κ2) is 4.90. The summed E-state index contributed by atoms with van der Waals surface area (Å²) < 4.78 is 0. The van der Waals surface area contributed by atoms with Crippen LogP contribution in [0, 0.1) is 5.41 Å². The van der Waals surface area contributed by atoms with Gasteiger partial charge in [-0.1, -0.05) is 38.1 Å². The third-order valence-corrected chi connectivity index (χ3v) is 5.57. The lowest BCUT2D eigenvalue weighted by atomic mass is 9.85. The van der Waals surface area contributed by atoms with Crippen LogP contribution >= 0.6 is 11.8 Å². The van der Waals surface area contributed by atoms with Gasteiger partial charge in [0.05, 0.1) is 0 Å². The molecule has 18 heavy (non-hydrogen) atoms. The summed E-state index contributed by atoms with van der Waals surface area (Å²) in [5.74, 6) is 2.64. The van der Waals surface area contributed by atoms with Gasteiger partial charge in [0.2, 0.25) is 0 Å². The third kappa shape index (κ3) is 2.33. The number of thioether (sulfide) groups is 1. The minimum Gasteiger partial charge on any atom is -0.306 e. The monoisotopic (exact) mass is 261 g/mol. The lowest BCUT2D eigenvalue weighted by Gasteiger charge is -2.34. The van der Waals surface area contributed by atoms with E-state index in [0.29, 0.717) is 17.5 Å². The van der Waals surface area contributed by atoms with Gasteiger partial charge in [0.1, 0.15) is 0 Å². The van der Waals surface area contributed by atoms with Crippen LogP contribution < -0.4 is 5.32 Å². The maximum atomic E-state index is 3.94. The van der Waals surface area contributed by atoms with Gasteiger partial charge in [-0.3, -0.25) is 0 Å². The highest BCUT2D eigenvalue weighted by Gasteiger charge is 2.39. The van der Waals surface area contributed by atoms with Crippen LogP contribution in [-0.2, 0) is 6.42 Å². The summed E-state index contributed by atoms with van der Waals surface area (Å²) >= 11 is 2.11. The maximum absolute atomic E-state index is 3.94. The van der Waals surface area contributed by atoms with Crippen molar-refractivity contribution in [2.24, 2.45) is 5.41 Å². The molecule has 98 valence electrons. The van der Waals surface area contributed by atoms with E-state index in [2.05, 4.69) is 55.2 Å². The van der Waals surface area contributed by atoms with Crippen molar-refractivity contribution in [3.05, 3.63) is 35.4 Å². The number of fused-ring (bicyclic) bond motifs is 1. The highest BCUT2D eigenvalue weighted by Crippen LogP contribution is 2.45. The van der Waals surface area contributed by atoms with Crippen LogP contribution in [0.3, 0.4) is 0 Å². The summed E-state index contributed by atoms with van der Waals surface area (Å²) in [5, 5.41) is 3.94. The Morgan fingerprint density at radius 1 is 1.28 bits per heavy atom. The normalized spacial score (nSPS) is 30.1. The van der Waals surface area contributed by atoms with E-state index in [0.717, 1.165) is 0 Å². The average molecular weight is 261 g/mol. The van der Waals surface area contributed by atoms with E-state index < -0.39 is 0 Å². The van der Waals surface area contributed by atoms with Crippen LogP contribution in [0.5, 0.6) is 0 Å². The van der Waals surface area contributed by atoms with E-state index in [1.54, 1.807) is 5.56 Å². The van der Waals surface area contributed by atoms with Crippen molar-refractivity contribution in [3.8, 4) is 0 Å². The van der Waals surface area contributed by atoms with Crippen molar-refractivity contribution < 1.29 is 0 Å². The first kappa shape index (κ1) is 12.6. The fraction of sp³-hybridized carbons (Fsp3) is 0.625. The molecule has 0 spiro atoms. The van der Waals surface area contributed by atoms with E-state index in [-0.39, 0.29) is 0 Å². The zero-order valence-electron chi connectivity index (χ0n) is 11.4. The number of benzene rings is 1. The van der Waals surface area contributed by atoms with Gasteiger partial charge in [-0.15, -0.1) is 0 Å². The summed E-state index contributed by atoms with van der Waals surface area (Å²) in [6, 6.07) is 10.2. The van der Waals surface area contributed by atoms with Gasteiger partial charge in [0.15, 0.2) is 0 Å². The Morgan fingerprint density at radius 3 is 2.89 bits per heavy atom. The second-order valence-electron chi connectivity index (χ2n) is 6.38. The van der Waals surface area contributed by atoms with Crippen LogP contribution in [0.2, 0.25) is 0 Å². The van der Waals surface area contributed by atoms with Crippen molar-refractivity contribution in [1.82, 2.24) is 5.32 Å². The summed E-state index contributed by atoms with van der Waals surface area (Å²) in [5.41, 5.74) is 3.44. The van der Waals surface area contributed by atoms with Crippen LogP contribution in [0.25, 0.3) is 0 Å². The van der Waals surface area contributed by atoms with Gasteiger partial charge in [-0.25, -0.2) is 0 Å². The van der Waals surface area contributed by atoms with Gasteiger partial charge in [-0.05, 0) is 41.6 Å². The molecular formula is C16H23NS. The zero-order valence-corrected chi connectivity index (χ0v) is 12.2. The topological polar surface area (TPSA) is 12.0 Å². The molecule has 0 radical (unpaired) electrons. The molecule has 1 saturated heterocycles. The Balaban J connectivity index is 1.81. The first-order valence-electron chi connectivity index (χ1n) is 7.08. The van der Waals surface area contributed by atoms with Gasteiger partial charge in [-0.2, -0.15) is 11.8 Å². The molecule has 1 heterocycles. The number of rotatable bonds is 2. The van der Waals surface area contributed by atoms with E-state index in [1.807, 2.05) is 0 Å². The summed E-state index contributed by atoms with van der Waals surface area (Å²) in [4.78, 5) is 0. The molecule has 0 amide bonds. The molecule has 0 saturated carbocycles. The Hall–Kier alpha value is -0.470. The van der Waals surface area contributed by atoms with Crippen molar-refractivity contribution in [2.45, 2.75) is 45.2 Å². The molecule has 1 fully saturated rings. The minimum absolute atomic E-state index is 0.353. The molecule has 1 nitrogen and oxygen atoms in total. The average Bonchev–Trinajstić information content (AvgIpc) is 2.62. The van der Waals surface area contributed by atoms with Crippen molar-refractivity contribution in [1.29, 1.82) is 0 Å². The third-order valence-electron chi connectivity index (χ3n) is 4.36. The molecule has 3 rings (SSSR count). The van der Waals surface area contributed by atoms with E-state index in [1.165, 1.54) is 36.3 Å². The van der Waals surface area contributed by atoms with Crippen LogP contribution in [-0.4, -0.2) is 17.5 Å². The molecule has 1 aromatic rings. The number of hydrogen-bond donors (Lipinski definition) is 1. The Labute approximate surface area is 115 Å². The Kier molecular flexibility index (Phi) is 3.42. The quantitative estimate of drug-likeness (QED) is 0.869. The van der Waals surface area contributed by atoms with E-state index >= 15 is 0 Å². The highest BCUT2D eigenvalue weighted by atomic mass is 32.2. The molecule has 2 unspecified atom stereocenters. The van der Waals surface area contributed by atoms with Gasteiger partial charge in [0.25, 0.3) is 0 Å². The second-order valence-corrected chi connectivity index (χ2v) is 7.53. The van der Waals surface area contributed by atoms with Crippen LogP contribution in [0.4, 0.5) is 0 Å². The van der Waals surface area contributed by atoms with E-state index in [4.69, 9.17) is 0 Å². The molecule has 1 aliphatic carbocycles. The molecule has 0 bridgehead atoms. The standard InChI is InChI=1S/C16H23NS/c1-16(2)10-12-6-3-4-8-14(12)15(16)17-13-7-5-9-18-11-13/h3-4,6,8,13,15,17H,5,7,9-11H2,1-2H3. The number of nitrogens with one attached hydrogen (secondary N) is 1. The fourth-order valence-electron chi connectivity index (χ4n) is 3.41. The molecule has 1 N–H and O–H groups in total. The van der Waals surface area contributed by atoms with Crippen molar-refractivity contribution in [2.75, 3.05) is 11.5 Å². The molecular weight excluding hydrogens is 238 g/mol. The van der Waals surface area contributed by atoms with Gasteiger partial charge in [0, 0.05) is 17.8 Å². The van der Waals surface area contributed by atoms with Gasteiger partial charge < -0.3 is 5.32 Å². The van der Waals surface area contributed by atoms with E-state index in [9.17, 15) is 0 Å². The van der Waals surface area contributed by atoms with Crippen molar-refractivity contribution >= 4 is 11.8 Å². The van der Waals surface area contributed by atoms with Crippen LogP contribution in [0.1, 0.15) is 43.9 Å². The number of hydrogen-bond acceptors (Lipinski definition) is 2.